The highest BCUT2D eigenvalue weighted by molar-refractivity contribution is 5.87. The van der Waals surface area contributed by atoms with Crippen molar-refractivity contribution < 1.29 is 24.9 Å². The number of benzene rings is 4. The summed E-state index contributed by atoms with van der Waals surface area (Å²) < 4.78 is 0. The topological polar surface area (TPSA) is 94.8 Å². The molecular weight excluding hydrogens is 669 g/mol. The van der Waals surface area contributed by atoms with Gasteiger partial charge in [0.05, 0.1) is 18.1 Å². The average Bonchev–Trinajstić information content (AvgIpc) is 3.17. The molecule has 4 aromatic rings. The fourth-order valence-electron chi connectivity index (χ4n) is 3.30. The molecule has 0 spiro atoms. The van der Waals surface area contributed by atoms with E-state index >= 15 is 0 Å². The summed E-state index contributed by atoms with van der Waals surface area (Å²) in [4.78, 5) is 20.7. The Hall–Kier alpha value is -4.22. The Morgan fingerprint density at radius 3 is 0.944 bits per heavy atom. The summed E-state index contributed by atoms with van der Waals surface area (Å²) in [6.07, 6.45) is 3.05. The number of carboxylic acid groups (broad SMARTS) is 2. The predicted octanol–water partition coefficient (Wildman–Crippen LogP) is 15.5. The van der Waals surface area contributed by atoms with Gasteiger partial charge in [-0.3, -0.25) is 4.79 Å². The molecule has 1 unspecified atom stereocenters. The van der Waals surface area contributed by atoms with E-state index in [0.29, 0.717) is 12.0 Å². The van der Waals surface area contributed by atoms with Crippen LogP contribution < -0.4 is 0 Å². The Morgan fingerprint density at radius 1 is 0.481 bits per heavy atom. The lowest BCUT2D eigenvalue weighted by atomic mass is 10.0. The molecule has 0 aliphatic heterocycles. The van der Waals surface area contributed by atoms with Crippen molar-refractivity contribution in [3.63, 3.8) is 0 Å². The smallest absolute Gasteiger partial charge is 0.335 e. The highest BCUT2D eigenvalue weighted by Gasteiger charge is 2.10. The van der Waals surface area contributed by atoms with Crippen molar-refractivity contribution in [1.82, 2.24) is 0 Å². The van der Waals surface area contributed by atoms with E-state index in [1.807, 2.05) is 116 Å². The Kier molecular flexibility index (Phi) is 76.6. The first-order valence-electron chi connectivity index (χ1n) is 18.4. The van der Waals surface area contributed by atoms with Crippen LogP contribution >= 0.6 is 0 Å². The van der Waals surface area contributed by atoms with Gasteiger partial charge < -0.3 is 15.3 Å². The summed E-state index contributed by atoms with van der Waals surface area (Å²) in [6.45, 7) is 26.6. The van der Waals surface area contributed by atoms with Gasteiger partial charge in [-0.25, -0.2) is 4.79 Å². The van der Waals surface area contributed by atoms with Gasteiger partial charge in [0, 0.05) is 0 Å². The molecule has 4 rings (SSSR count). The summed E-state index contributed by atoms with van der Waals surface area (Å²) in [7, 11) is 0. The number of carbonyl (C=O) groups is 2. The maximum atomic E-state index is 10.5. The molecule has 0 amide bonds. The molecule has 0 aromatic heterocycles. The van der Waals surface area contributed by atoms with Crippen molar-refractivity contribution >= 4 is 11.9 Å². The Morgan fingerprint density at radius 2 is 0.741 bits per heavy atom. The van der Waals surface area contributed by atoms with Crippen molar-refractivity contribution in [2.45, 2.75) is 146 Å². The molecule has 0 heterocycles. The second-order valence-corrected chi connectivity index (χ2v) is 10.0. The number of aliphatic hydroxyl groups is 1. The molecular formula is C49H88O5. The SMILES string of the molecule is C.C.C.C.CC.CC.CC.CC.CC(C)Cc1ccccc1.CC(Cc1ccccc1)C(=O)O.CCC.O=C(O)c1ccccc1.OCc1ccccc1. The highest BCUT2D eigenvalue weighted by Crippen LogP contribution is 2.08. The fraction of sp³-hybridized carbons (Fsp3) is 0.469. The van der Waals surface area contributed by atoms with E-state index in [1.165, 1.54) is 18.4 Å². The van der Waals surface area contributed by atoms with E-state index in [0.717, 1.165) is 17.0 Å². The van der Waals surface area contributed by atoms with Gasteiger partial charge in [0.1, 0.15) is 0 Å². The van der Waals surface area contributed by atoms with Crippen LogP contribution in [0.15, 0.2) is 121 Å². The van der Waals surface area contributed by atoms with E-state index in [-0.39, 0.29) is 42.2 Å². The highest BCUT2D eigenvalue weighted by atomic mass is 16.4. The van der Waals surface area contributed by atoms with Crippen molar-refractivity contribution in [2.75, 3.05) is 0 Å². The molecule has 0 radical (unpaired) electrons. The van der Waals surface area contributed by atoms with Crippen LogP contribution in [-0.2, 0) is 24.2 Å². The molecule has 5 heteroatoms. The normalized spacial score (nSPS) is 8.28. The number of hydrogen-bond donors (Lipinski definition) is 3. The first-order valence-corrected chi connectivity index (χ1v) is 18.4. The number of aromatic carboxylic acids is 1. The van der Waals surface area contributed by atoms with E-state index < -0.39 is 11.9 Å². The van der Waals surface area contributed by atoms with Crippen LogP contribution in [0.1, 0.15) is 153 Å². The van der Waals surface area contributed by atoms with Gasteiger partial charge in [0.15, 0.2) is 0 Å². The van der Waals surface area contributed by atoms with Crippen LogP contribution in [-0.4, -0.2) is 27.3 Å². The number of hydrogen-bond acceptors (Lipinski definition) is 3. The third kappa shape index (κ3) is 49.9. The second kappa shape index (κ2) is 58.1. The summed E-state index contributed by atoms with van der Waals surface area (Å²) in [5, 5.41) is 25.6. The first kappa shape index (κ1) is 71.2. The van der Waals surface area contributed by atoms with E-state index in [4.69, 9.17) is 15.3 Å². The van der Waals surface area contributed by atoms with Crippen LogP contribution in [0, 0.1) is 11.8 Å². The van der Waals surface area contributed by atoms with Crippen molar-refractivity contribution in [2.24, 2.45) is 11.8 Å². The summed E-state index contributed by atoms with van der Waals surface area (Å²) >= 11 is 0. The molecule has 0 saturated carbocycles. The molecule has 54 heavy (non-hydrogen) atoms. The molecule has 4 aromatic carbocycles. The van der Waals surface area contributed by atoms with Crippen molar-refractivity contribution in [3.8, 4) is 0 Å². The van der Waals surface area contributed by atoms with Gasteiger partial charge in [0.2, 0.25) is 0 Å². The van der Waals surface area contributed by atoms with Crippen LogP contribution in [0.2, 0.25) is 0 Å². The lowest BCUT2D eigenvalue weighted by Crippen LogP contribution is -2.11. The van der Waals surface area contributed by atoms with Gasteiger partial charge in [0.25, 0.3) is 0 Å². The van der Waals surface area contributed by atoms with Crippen LogP contribution in [0.3, 0.4) is 0 Å². The maximum Gasteiger partial charge on any atom is 0.335 e. The van der Waals surface area contributed by atoms with Crippen LogP contribution in [0.5, 0.6) is 0 Å². The quantitative estimate of drug-likeness (QED) is 0.174. The zero-order valence-electron chi connectivity index (χ0n) is 33.7. The minimum Gasteiger partial charge on any atom is -0.481 e. The van der Waals surface area contributed by atoms with Gasteiger partial charge in [-0.2, -0.15) is 0 Å². The molecule has 1 atom stereocenters. The molecule has 314 valence electrons. The number of aliphatic carboxylic acids is 1. The zero-order chi connectivity index (χ0) is 39.6. The summed E-state index contributed by atoms with van der Waals surface area (Å²) in [6, 6.07) is 38.1. The molecule has 0 saturated heterocycles. The van der Waals surface area contributed by atoms with Gasteiger partial charge in [-0.15, -0.1) is 0 Å². The second-order valence-electron chi connectivity index (χ2n) is 10.0. The zero-order valence-corrected chi connectivity index (χ0v) is 33.7. The van der Waals surface area contributed by atoms with Crippen molar-refractivity contribution in [1.29, 1.82) is 0 Å². The molecule has 0 fully saturated rings. The minimum atomic E-state index is -0.879. The minimum absolute atomic E-state index is 0. The molecule has 0 aliphatic rings. The first-order chi connectivity index (χ1) is 24.1. The van der Waals surface area contributed by atoms with Gasteiger partial charge in [-0.05, 0) is 47.6 Å². The number of aliphatic hydroxyl groups excluding tert-OH is 1. The van der Waals surface area contributed by atoms with Crippen molar-refractivity contribution in [3.05, 3.63) is 144 Å². The molecule has 0 aliphatic carbocycles. The fourth-order valence-corrected chi connectivity index (χ4v) is 3.30. The third-order valence-electron chi connectivity index (χ3n) is 5.34. The molecule has 3 N–H and O–H groups in total. The maximum absolute atomic E-state index is 10.5. The molecule has 5 nitrogen and oxygen atoms in total. The summed E-state index contributed by atoms with van der Waals surface area (Å²) in [5.41, 5.74) is 3.81. The largest absolute Gasteiger partial charge is 0.481 e. The number of rotatable bonds is 7. The lowest BCUT2D eigenvalue weighted by Gasteiger charge is -2.04. The summed E-state index contributed by atoms with van der Waals surface area (Å²) in [5.74, 6) is -1.15. The van der Waals surface area contributed by atoms with Crippen LogP contribution in [0.4, 0.5) is 0 Å². The Balaban J connectivity index is -0.0000000645. The Labute approximate surface area is 337 Å². The van der Waals surface area contributed by atoms with Gasteiger partial charge >= 0.3 is 11.9 Å². The predicted molar refractivity (Wildman–Crippen MR) is 246 cm³/mol. The molecule has 0 bridgehead atoms. The Bertz CT molecular complexity index is 1180. The van der Waals surface area contributed by atoms with E-state index in [9.17, 15) is 9.59 Å². The monoisotopic (exact) mass is 757 g/mol. The lowest BCUT2D eigenvalue weighted by molar-refractivity contribution is -0.141. The van der Waals surface area contributed by atoms with Gasteiger partial charge in [-0.1, -0.05) is 235 Å². The standard InChI is InChI=1S/C10H12O2.C10H14.C7H6O2.C7H8O.C3H8.4C2H6.4CH4/c1-8(10(11)12)7-9-5-3-2-4-6-9;1-9(2)8-10-6-4-3-5-7-10;8-7(9)6-4-2-1-3-5-6;8-6-7-4-2-1-3-5-7;1-3-2;4*1-2;;;;/h2-6,8H,7H2,1H3,(H,11,12);3-7,9H,8H2,1-2H3;1-5H,(H,8,9);1-5,8H,6H2;3H2,1-2H3;4*1-2H3;4*1H4. The number of carboxylic acids is 2. The van der Waals surface area contributed by atoms with E-state index in [2.05, 4.69) is 58.0 Å². The average molecular weight is 757 g/mol. The van der Waals surface area contributed by atoms with Crippen LogP contribution in [0.25, 0.3) is 0 Å². The van der Waals surface area contributed by atoms with E-state index in [1.54, 1.807) is 37.3 Å². The third-order valence-corrected chi connectivity index (χ3v) is 5.34.